The highest BCUT2D eigenvalue weighted by Gasteiger charge is 2.00. The van der Waals surface area contributed by atoms with E-state index < -0.39 is 0 Å². The van der Waals surface area contributed by atoms with Crippen LogP contribution in [0.1, 0.15) is 31.5 Å². The maximum absolute atomic E-state index is 5.66. The second kappa shape index (κ2) is 7.60. The molecule has 106 valence electrons. The Kier molecular flexibility index (Phi) is 5.50. The number of aryl methyl sites for hydroxylation is 1. The van der Waals surface area contributed by atoms with Crippen LogP contribution in [0.4, 0.5) is 0 Å². The Bertz CT molecular complexity index is 508. The van der Waals surface area contributed by atoms with E-state index in [1.54, 1.807) is 12.4 Å². The fraction of sp³-hybridized carbons (Fsp3) is 0.375. The third-order valence-corrected chi connectivity index (χ3v) is 2.97. The summed E-state index contributed by atoms with van der Waals surface area (Å²) in [5, 5.41) is 3.29. The summed E-state index contributed by atoms with van der Waals surface area (Å²) in [5.41, 5.74) is 2.22. The molecule has 0 saturated heterocycles. The van der Waals surface area contributed by atoms with Crippen molar-refractivity contribution in [2.75, 3.05) is 6.54 Å². The lowest BCUT2D eigenvalue weighted by molar-refractivity contribution is 0.458. The average molecular weight is 271 g/mol. The maximum Gasteiger partial charge on any atom is 0.237 e. The van der Waals surface area contributed by atoms with Gasteiger partial charge in [-0.3, -0.25) is 4.98 Å². The van der Waals surface area contributed by atoms with E-state index in [1.165, 1.54) is 5.56 Å². The summed E-state index contributed by atoms with van der Waals surface area (Å²) in [6.45, 7) is 6.00. The van der Waals surface area contributed by atoms with Gasteiger partial charge in [0.1, 0.15) is 5.75 Å². The minimum atomic E-state index is 0.522. The molecule has 1 aromatic carbocycles. The summed E-state index contributed by atoms with van der Waals surface area (Å²) in [4.78, 5) is 8.60. The van der Waals surface area contributed by atoms with Gasteiger partial charge in [-0.1, -0.05) is 26.0 Å². The fourth-order valence-electron chi connectivity index (χ4n) is 1.79. The van der Waals surface area contributed by atoms with Crippen LogP contribution < -0.4 is 10.1 Å². The average Bonchev–Trinajstić information content (AvgIpc) is 2.50. The minimum Gasteiger partial charge on any atom is -0.438 e. The molecular formula is C16H21N3O. The van der Waals surface area contributed by atoms with Crippen molar-refractivity contribution in [2.45, 2.75) is 33.2 Å². The number of rotatable bonds is 7. The number of aromatic nitrogens is 2. The van der Waals surface area contributed by atoms with Crippen LogP contribution in [-0.2, 0) is 13.0 Å². The van der Waals surface area contributed by atoms with Gasteiger partial charge in [0, 0.05) is 6.54 Å². The molecule has 1 aromatic heterocycles. The smallest absolute Gasteiger partial charge is 0.237 e. The van der Waals surface area contributed by atoms with Gasteiger partial charge in [-0.25, -0.2) is 4.98 Å². The number of ether oxygens (including phenoxy) is 1. The van der Waals surface area contributed by atoms with E-state index in [9.17, 15) is 0 Å². The van der Waals surface area contributed by atoms with E-state index in [1.807, 2.05) is 12.1 Å². The molecule has 0 aliphatic rings. The molecule has 2 rings (SSSR count). The minimum absolute atomic E-state index is 0.522. The van der Waals surface area contributed by atoms with Crippen molar-refractivity contribution in [1.82, 2.24) is 15.3 Å². The van der Waals surface area contributed by atoms with Crippen LogP contribution in [0.3, 0.4) is 0 Å². The van der Waals surface area contributed by atoms with Crippen molar-refractivity contribution in [1.29, 1.82) is 0 Å². The molecule has 0 unspecified atom stereocenters. The Morgan fingerprint density at radius 1 is 1.05 bits per heavy atom. The fourth-order valence-corrected chi connectivity index (χ4v) is 1.79. The number of nitrogens with one attached hydrogen (secondary N) is 1. The zero-order chi connectivity index (χ0) is 14.2. The van der Waals surface area contributed by atoms with Crippen molar-refractivity contribution in [2.24, 2.45) is 0 Å². The summed E-state index contributed by atoms with van der Waals surface area (Å²) >= 11 is 0. The predicted octanol–water partition coefficient (Wildman–Crippen LogP) is 3.33. The SMILES string of the molecule is CCCNCc1cnc(Oc2ccc(CC)cc2)cn1. The van der Waals surface area contributed by atoms with Gasteiger partial charge >= 0.3 is 0 Å². The van der Waals surface area contributed by atoms with Crippen LogP contribution in [-0.4, -0.2) is 16.5 Å². The molecular weight excluding hydrogens is 250 g/mol. The zero-order valence-electron chi connectivity index (χ0n) is 12.1. The quantitative estimate of drug-likeness (QED) is 0.785. The van der Waals surface area contributed by atoms with E-state index in [0.29, 0.717) is 5.88 Å². The molecule has 0 amide bonds. The zero-order valence-corrected chi connectivity index (χ0v) is 12.1. The lowest BCUT2D eigenvalue weighted by Crippen LogP contribution is -2.14. The van der Waals surface area contributed by atoms with E-state index in [4.69, 9.17) is 4.74 Å². The molecule has 2 aromatic rings. The molecule has 0 aliphatic heterocycles. The highest BCUT2D eigenvalue weighted by Crippen LogP contribution is 2.19. The Labute approximate surface area is 120 Å². The van der Waals surface area contributed by atoms with E-state index in [2.05, 4.69) is 41.3 Å². The Balaban J connectivity index is 1.92. The second-order valence-corrected chi connectivity index (χ2v) is 4.62. The molecule has 0 fully saturated rings. The van der Waals surface area contributed by atoms with Gasteiger partial charge in [-0.05, 0) is 37.1 Å². The van der Waals surface area contributed by atoms with Crippen LogP contribution >= 0.6 is 0 Å². The first kappa shape index (κ1) is 14.5. The molecule has 20 heavy (non-hydrogen) atoms. The topological polar surface area (TPSA) is 47.0 Å². The van der Waals surface area contributed by atoms with Crippen molar-refractivity contribution < 1.29 is 4.74 Å². The van der Waals surface area contributed by atoms with Gasteiger partial charge in [-0.2, -0.15) is 0 Å². The summed E-state index contributed by atoms with van der Waals surface area (Å²) < 4.78 is 5.66. The van der Waals surface area contributed by atoms with Gasteiger partial charge in [0.25, 0.3) is 0 Å². The lowest BCUT2D eigenvalue weighted by Gasteiger charge is -2.06. The molecule has 0 radical (unpaired) electrons. The van der Waals surface area contributed by atoms with E-state index in [0.717, 1.165) is 37.4 Å². The predicted molar refractivity (Wildman–Crippen MR) is 79.9 cm³/mol. The van der Waals surface area contributed by atoms with Crippen LogP contribution in [0.5, 0.6) is 11.6 Å². The maximum atomic E-state index is 5.66. The number of hydrogen-bond donors (Lipinski definition) is 1. The highest BCUT2D eigenvalue weighted by molar-refractivity contribution is 5.29. The third kappa shape index (κ3) is 4.31. The van der Waals surface area contributed by atoms with Crippen molar-refractivity contribution in [3.63, 3.8) is 0 Å². The highest BCUT2D eigenvalue weighted by atomic mass is 16.5. The second-order valence-electron chi connectivity index (χ2n) is 4.62. The molecule has 4 nitrogen and oxygen atoms in total. The molecule has 1 N–H and O–H groups in total. The van der Waals surface area contributed by atoms with Crippen LogP contribution in [0.15, 0.2) is 36.7 Å². The number of benzene rings is 1. The van der Waals surface area contributed by atoms with Gasteiger partial charge in [0.2, 0.25) is 5.88 Å². The summed E-state index contributed by atoms with van der Waals surface area (Å²) in [6.07, 6.45) is 5.55. The number of nitrogens with zero attached hydrogens (tertiary/aromatic N) is 2. The van der Waals surface area contributed by atoms with Gasteiger partial charge in [-0.15, -0.1) is 0 Å². The van der Waals surface area contributed by atoms with Gasteiger partial charge in [0.05, 0.1) is 18.1 Å². The Hall–Kier alpha value is -1.94. The summed E-state index contributed by atoms with van der Waals surface area (Å²) in [7, 11) is 0. The first-order valence-corrected chi connectivity index (χ1v) is 7.10. The normalized spacial score (nSPS) is 10.5. The van der Waals surface area contributed by atoms with Crippen LogP contribution in [0.25, 0.3) is 0 Å². The van der Waals surface area contributed by atoms with E-state index in [-0.39, 0.29) is 0 Å². The Morgan fingerprint density at radius 2 is 1.85 bits per heavy atom. The molecule has 0 spiro atoms. The monoisotopic (exact) mass is 271 g/mol. The van der Waals surface area contributed by atoms with Crippen molar-refractivity contribution >= 4 is 0 Å². The molecule has 1 heterocycles. The first-order chi connectivity index (χ1) is 9.81. The van der Waals surface area contributed by atoms with E-state index >= 15 is 0 Å². The summed E-state index contributed by atoms with van der Waals surface area (Å²) in [6, 6.07) is 8.03. The third-order valence-electron chi connectivity index (χ3n) is 2.97. The molecule has 4 heteroatoms. The largest absolute Gasteiger partial charge is 0.438 e. The Morgan fingerprint density at radius 3 is 2.45 bits per heavy atom. The standard InChI is InChI=1S/C16H21N3O/c1-3-9-17-10-14-11-19-16(12-18-14)20-15-7-5-13(4-2)6-8-15/h5-8,11-12,17H,3-4,9-10H2,1-2H3. The van der Waals surface area contributed by atoms with Crippen LogP contribution in [0, 0.1) is 0 Å². The van der Waals surface area contributed by atoms with Crippen molar-refractivity contribution in [3.05, 3.63) is 47.9 Å². The molecule has 0 bridgehead atoms. The van der Waals surface area contributed by atoms with Crippen LogP contribution in [0.2, 0.25) is 0 Å². The van der Waals surface area contributed by atoms with Gasteiger partial charge in [0.15, 0.2) is 0 Å². The molecule has 0 atom stereocenters. The van der Waals surface area contributed by atoms with Gasteiger partial charge < -0.3 is 10.1 Å². The molecule has 0 saturated carbocycles. The van der Waals surface area contributed by atoms with Crippen molar-refractivity contribution in [3.8, 4) is 11.6 Å². The number of hydrogen-bond acceptors (Lipinski definition) is 4. The molecule has 0 aliphatic carbocycles. The lowest BCUT2D eigenvalue weighted by atomic mass is 10.2. The summed E-state index contributed by atoms with van der Waals surface area (Å²) in [5.74, 6) is 1.31. The first-order valence-electron chi connectivity index (χ1n) is 7.10.